The minimum Gasteiger partial charge on any atom is -0.463 e. The van der Waals surface area contributed by atoms with E-state index >= 15 is 0 Å². The summed E-state index contributed by atoms with van der Waals surface area (Å²) in [4.78, 5) is 25.4. The predicted molar refractivity (Wildman–Crippen MR) is 141 cm³/mol. The first kappa shape index (κ1) is 33.7. The zero-order valence-corrected chi connectivity index (χ0v) is 24.5. The molecular formula is C19H32N2O11S5. The lowest BCUT2D eigenvalue weighted by atomic mass is 9.91. The van der Waals surface area contributed by atoms with Crippen LogP contribution >= 0.6 is 11.3 Å². The molecule has 1 rings (SSSR count). The lowest BCUT2D eigenvalue weighted by Crippen LogP contribution is -2.57. The Labute approximate surface area is 225 Å². The van der Waals surface area contributed by atoms with Gasteiger partial charge in [-0.05, 0) is 48.6 Å². The van der Waals surface area contributed by atoms with E-state index in [1.165, 1.54) is 18.3 Å². The summed E-state index contributed by atoms with van der Waals surface area (Å²) in [7, 11) is -6.96. The molecule has 37 heavy (non-hydrogen) atoms. The largest absolute Gasteiger partial charge is 0.463 e. The van der Waals surface area contributed by atoms with Crippen molar-refractivity contribution < 1.29 is 48.7 Å². The van der Waals surface area contributed by atoms with Crippen LogP contribution in [-0.2, 0) is 62.6 Å². The smallest absolute Gasteiger partial charge is 0.328 e. The van der Waals surface area contributed by atoms with Crippen molar-refractivity contribution in [3.8, 4) is 0 Å². The molecule has 0 bridgehead atoms. The third-order valence-electron chi connectivity index (χ3n) is 5.33. The number of nitrogens with one attached hydrogen (secondary N) is 1. The van der Waals surface area contributed by atoms with Crippen LogP contribution in [0, 0.1) is 5.92 Å². The molecule has 1 heterocycles. The monoisotopic (exact) mass is 624 g/mol. The fourth-order valence-corrected chi connectivity index (χ4v) is 6.96. The Morgan fingerprint density at radius 2 is 1.70 bits per heavy atom. The van der Waals surface area contributed by atoms with Crippen LogP contribution in [0.2, 0.25) is 0 Å². The fraction of sp³-hybridized carbons (Fsp3) is 0.684. The second-order valence-electron chi connectivity index (χ2n) is 8.60. The highest BCUT2D eigenvalue weighted by Gasteiger charge is 2.51. The quantitative estimate of drug-likeness (QED) is 0.132. The van der Waals surface area contributed by atoms with Crippen molar-refractivity contribution in [2.75, 3.05) is 30.6 Å². The number of hydrogen-bond donors (Lipinski definition) is 4. The topological polar surface area (TPSA) is 224 Å². The predicted octanol–water partition coefficient (Wildman–Crippen LogP) is -0.709. The van der Waals surface area contributed by atoms with Gasteiger partial charge in [-0.15, -0.1) is 0 Å². The van der Waals surface area contributed by atoms with Gasteiger partial charge in [-0.1, -0.05) is 0 Å². The van der Waals surface area contributed by atoms with E-state index in [1.54, 1.807) is 16.8 Å². The van der Waals surface area contributed by atoms with Gasteiger partial charge in [-0.25, -0.2) is 30.0 Å². The van der Waals surface area contributed by atoms with Crippen LogP contribution in [0.25, 0.3) is 0 Å². The molecule has 1 amide bonds. The third-order valence-corrected chi connectivity index (χ3v) is 10.9. The summed E-state index contributed by atoms with van der Waals surface area (Å²) >= 11 is -4.83. The van der Waals surface area contributed by atoms with Gasteiger partial charge in [0.15, 0.2) is 36.1 Å². The molecule has 5 unspecified atom stereocenters. The van der Waals surface area contributed by atoms with E-state index in [-0.39, 0.29) is 6.42 Å². The Hall–Kier alpha value is -1.28. The van der Waals surface area contributed by atoms with Gasteiger partial charge in [0, 0.05) is 24.5 Å². The van der Waals surface area contributed by atoms with E-state index in [9.17, 15) is 43.9 Å². The number of rotatable bonds is 16. The molecule has 214 valence electrons. The maximum atomic E-state index is 13.2. The third kappa shape index (κ3) is 11.2. The van der Waals surface area contributed by atoms with Crippen molar-refractivity contribution in [1.29, 1.82) is 0 Å². The van der Waals surface area contributed by atoms with Gasteiger partial charge < -0.3 is 24.9 Å². The standard InChI is InChI=1S/C19H32N2O11S5/c1-13(18(23)32-6-9-37(3,30)31)21-17(22)15(10-14-4-7-33-12-14)11-19(34(24)25,35(26)27)16(20)5-8-36(2,28)29/h4,7,12-13,15-16H,5-6,8-11,20H2,1-3H3,(H,21,22)(H,24,25)(H,26,27). The van der Waals surface area contributed by atoms with Gasteiger partial charge in [-0.2, -0.15) is 11.3 Å². The molecule has 0 radical (unpaired) electrons. The summed E-state index contributed by atoms with van der Waals surface area (Å²) < 4.78 is 92.9. The molecule has 0 saturated heterocycles. The van der Waals surface area contributed by atoms with Crippen LogP contribution in [0.15, 0.2) is 16.8 Å². The summed E-state index contributed by atoms with van der Waals surface area (Å²) in [5, 5.41) is 5.79. The number of hydrogen-bond acceptors (Lipinski definition) is 11. The Bertz CT molecular complexity index is 1170. The highest BCUT2D eigenvalue weighted by atomic mass is 32.3. The number of thiophene rings is 1. The molecule has 0 fully saturated rings. The first-order valence-electron chi connectivity index (χ1n) is 10.7. The van der Waals surface area contributed by atoms with Gasteiger partial charge in [0.1, 0.15) is 22.5 Å². The van der Waals surface area contributed by atoms with E-state index in [0.717, 1.165) is 12.5 Å². The lowest BCUT2D eigenvalue weighted by Gasteiger charge is -2.35. The summed E-state index contributed by atoms with van der Waals surface area (Å²) in [6.45, 7) is 0.851. The second-order valence-corrected chi connectivity index (χ2v) is 16.6. The van der Waals surface area contributed by atoms with Crippen LogP contribution in [0.5, 0.6) is 0 Å². The first-order chi connectivity index (χ1) is 16.9. The van der Waals surface area contributed by atoms with Crippen molar-refractivity contribution in [2.45, 2.75) is 42.3 Å². The summed E-state index contributed by atoms with van der Waals surface area (Å²) in [6, 6.07) is -1.13. The molecule has 1 aromatic heterocycles. The van der Waals surface area contributed by atoms with Crippen LogP contribution < -0.4 is 11.1 Å². The number of nitrogens with two attached hydrogens (primary N) is 1. The average Bonchev–Trinajstić information content (AvgIpc) is 3.25. The Morgan fingerprint density at radius 3 is 2.16 bits per heavy atom. The molecule has 0 aliphatic carbocycles. The van der Waals surface area contributed by atoms with E-state index in [0.29, 0.717) is 5.56 Å². The van der Waals surface area contributed by atoms with Crippen LogP contribution in [0.1, 0.15) is 25.3 Å². The Morgan fingerprint density at radius 1 is 1.14 bits per heavy atom. The van der Waals surface area contributed by atoms with E-state index in [2.05, 4.69) is 5.32 Å². The minimum atomic E-state index is -3.57. The van der Waals surface area contributed by atoms with Crippen LogP contribution in [-0.4, -0.2) is 93.0 Å². The zero-order valence-electron chi connectivity index (χ0n) is 20.4. The van der Waals surface area contributed by atoms with E-state index < -0.39 is 107 Å². The second kappa shape index (κ2) is 14.2. The zero-order chi connectivity index (χ0) is 28.6. The van der Waals surface area contributed by atoms with Crippen molar-refractivity contribution in [2.24, 2.45) is 11.7 Å². The van der Waals surface area contributed by atoms with Crippen LogP contribution in [0.4, 0.5) is 0 Å². The van der Waals surface area contributed by atoms with Gasteiger partial charge in [0.05, 0.1) is 11.5 Å². The number of sulfone groups is 2. The highest BCUT2D eigenvalue weighted by molar-refractivity contribution is 7.99. The number of esters is 1. The number of amides is 1. The Balaban J connectivity index is 3.22. The molecule has 18 heteroatoms. The minimum absolute atomic E-state index is 0.0554. The average molecular weight is 625 g/mol. The molecule has 0 aliphatic rings. The van der Waals surface area contributed by atoms with Gasteiger partial charge in [-0.3, -0.25) is 4.79 Å². The molecule has 0 saturated carbocycles. The highest BCUT2D eigenvalue weighted by Crippen LogP contribution is 2.33. The van der Waals surface area contributed by atoms with E-state index in [4.69, 9.17) is 10.5 Å². The number of ether oxygens (including phenoxy) is 1. The maximum Gasteiger partial charge on any atom is 0.328 e. The van der Waals surface area contributed by atoms with Gasteiger partial charge >= 0.3 is 5.97 Å². The molecule has 5 atom stereocenters. The summed E-state index contributed by atoms with van der Waals surface area (Å²) in [6.07, 6.45) is 0.704. The lowest BCUT2D eigenvalue weighted by molar-refractivity contribution is -0.147. The fourth-order valence-electron chi connectivity index (χ4n) is 3.28. The molecule has 5 N–H and O–H groups in total. The van der Waals surface area contributed by atoms with Crippen molar-refractivity contribution >= 4 is 65.0 Å². The van der Waals surface area contributed by atoms with Crippen molar-refractivity contribution in [3.63, 3.8) is 0 Å². The van der Waals surface area contributed by atoms with Crippen molar-refractivity contribution in [1.82, 2.24) is 5.32 Å². The Kier molecular flexibility index (Phi) is 13.0. The number of carbonyl (C=O) groups excluding carboxylic acids is 2. The first-order valence-corrected chi connectivity index (χ1v) is 18.0. The summed E-state index contributed by atoms with van der Waals surface area (Å²) in [5.74, 6) is -3.94. The molecule has 0 aliphatic heterocycles. The van der Waals surface area contributed by atoms with E-state index in [1.807, 2.05) is 0 Å². The molecule has 0 aromatic carbocycles. The van der Waals surface area contributed by atoms with Gasteiger partial charge in [0.2, 0.25) is 5.91 Å². The normalized spacial score (nSPS) is 18.1. The molecule has 1 aromatic rings. The maximum absolute atomic E-state index is 13.2. The molecule has 0 spiro atoms. The molecular weight excluding hydrogens is 593 g/mol. The SMILES string of the molecule is CC(NC(=O)C(Cc1ccsc1)CC(C(N)CCS(C)(=O)=O)(S(=O)O)S(=O)O)C(=O)OCCS(C)(=O)=O. The number of carbonyl (C=O) groups is 2. The molecule has 13 nitrogen and oxygen atoms in total. The van der Waals surface area contributed by atoms with Gasteiger partial charge in [0.25, 0.3) is 0 Å². The summed E-state index contributed by atoms with van der Waals surface area (Å²) in [5.41, 5.74) is 6.62. The van der Waals surface area contributed by atoms with Crippen LogP contribution in [0.3, 0.4) is 0 Å². The van der Waals surface area contributed by atoms with Crippen molar-refractivity contribution in [3.05, 3.63) is 22.4 Å².